The maximum atomic E-state index is 13.2. The first-order valence-electron chi connectivity index (χ1n) is 12.3. The van der Waals surface area contributed by atoms with Crippen LogP contribution in [0.4, 0.5) is 0 Å². The fraction of sp³-hybridized carbons (Fsp3) is 0.423. The van der Waals surface area contributed by atoms with E-state index in [1.807, 2.05) is 30.3 Å². The van der Waals surface area contributed by atoms with Crippen LogP contribution in [0.1, 0.15) is 38.3 Å². The quantitative estimate of drug-likeness (QED) is 0.132. The van der Waals surface area contributed by atoms with Crippen molar-refractivity contribution in [3.63, 3.8) is 0 Å². The van der Waals surface area contributed by atoms with Crippen molar-refractivity contribution in [2.45, 2.75) is 52.3 Å². The summed E-state index contributed by atoms with van der Waals surface area (Å²) in [6, 6.07) is 14.2. The van der Waals surface area contributed by atoms with Gasteiger partial charge < -0.3 is 30.2 Å². The normalized spacial score (nSPS) is 14.6. The molecule has 39 heavy (non-hydrogen) atoms. The Morgan fingerprint density at radius 1 is 1.00 bits per heavy atom. The number of ether oxygens (including phenoxy) is 1. The van der Waals surface area contributed by atoms with Crippen LogP contribution in [0.5, 0.6) is 5.75 Å². The molecule has 0 radical (unpaired) electrons. The Morgan fingerprint density at radius 2 is 1.64 bits per heavy atom. The molecule has 0 bridgehead atoms. The summed E-state index contributed by atoms with van der Waals surface area (Å²) in [5.41, 5.74) is 1.67. The van der Waals surface area contributed by atoms with Gasteiger partial charge in [-0.05, 0) is 36.1 Å². The fourth-order valence-electron chi connectivity index (χ4n) is 3.52. The summed E-state index contributed by atoms with van der Waals surface area (Å²) < 4.78 is 22.9. The number of amides is 2. The van der Waals surface area contributed by atoms with Crippen molar-refractivity contribution >= 4 is 25.5 Å². The molecule has 2 amide bonds. The molecule has 208 valence electrons. The van der Waals surface area contributed by atoms with Crippen LogP contribution in [0, 0.1) is 5.92 Å². The number of nitrogens with one attached hydrogen (secondary N) is 3. The molecular weight excluding hydrogens is 552 g/mol. The zero-order valence-electron chi connectivity index (χ0n) is 22.7. The van der Waals surface area contributed by atoms with Gasteiger partial charge in [0.2, 0.25) is 11.8 Å². The van der Waals surface area contributed by atoms with Gasteiger partial charge in [0.15, 0.2) is 0 Å². The Bertz CT molecular complexity index is 1100. The minimum absolute atomic E-state index is 0. The van der Waals surface area contributed by atoms with Gasteiger partial charge in [-0.25, -0.2) is 9.65 Å². The summed E-state index contributed by atoms with van der Waals surface area (Å²) in [4.78, 5) is 46.8. The van der Waals surface area contributed by atoms with Crippen LogP contribution in [0.2, 0.25) is 0 Å². The summed E-state index contributed by atoms with van der Waals surface area (Å²) in [6.45, 7) is 4.66. The molecule has 2 aromatic rings. The molecule has 0 saturated carbocycles. The second-order valence-corrected chi connectivity index (χ2v) is 10.3. The molecule has 1 unspecified atom stereocenters. The Balaban J connectivity index is 0.00000760. The van der Waals surface area contributed by atoms with Gasteiger partial charge in [0, 0.05) is 6.42 Å². The van der Waals surface area contributed by atoms with Crippen LogP contribution in [0.15, 0.2) is 54.6 Å². The van der Waals surface area contributed by atoms with Gasteiger partial charge in [-0.3, -0.25) is 14.1 Å². The monoisotopic (exact) mass is 587 g/mol. The van der Waals surface area contributed by atoms with Crippen molar-refractivity contribution < 1.29 is 89.6 Å². The number of carboxylic acids is 1. The number of benzene rings is 2. The minimum Gasteiger partial charge on any atom is -0.548 e. The molecule has 4 atom stereocenters. The topological polar surface area (TPSA) is 166 Å². The van der Waals surface area contributed by atoms with Gasteiger partial charge in [-0.15, -0.1) is 0 Å². The maximum absolute atomic E-state index is 13.2. The van der Waals surface area contributed by atoms with E-state index in [0.717, 1.165) is 5.56 Å². The third-order valence-electron chi connectivity index (χ3n) is 5.75. The summed E-state index contributed by atoms with van der Waals surface area (Å²) in [5.74, 6) is -2.71. The van der Waals surface area contributed by atoms with Crippen molar-refractivity contribution in [2.24, 2.45) is 5.92 Å². The van der Waals surface area contributed by atoms with Crippen LogP contribution in [0.25, 0.3) is 0 Å². The zero-order valence-corrected chi connectivity index (χ0v) is 26.7. The van der Waals surface area contributed by atoms with Gasteiger partial charge in [-0.2, -0.15) is 0 Å². The Labute approximate surface area is 271 Å². The van der Waals surface area contributed by atoms with Gasteiger partial charge >= 0.3 is 59.1 Å². The Hall–Kier alpha value is -1.60. The van der Waals surface area contributed by atoms with E-state index in [2.05, 4.69) is 15.7 Å². The van der Waals surface area contributed by atoms with Crippen molar-refractivity contribution in [1.29, 1.82) is 0 Å². The van der Waals surface area contributed by atoms with Crippen LogP contribution in [-0.2, 0) is 36.5 Å². The van der Waals surface area contributed by atoms with E-state index in [4.69, 9.17) is 9.26 Å². The molecule has 2 aromatic carbocycles. The van der Waals surface area contributed by atoms with Gasteiger partial charge in [0.05, 0.1) is 25.2 Å². The summed E-state index contributed by atoms with van der Waals surface area (Å²) >= 11 is 0. The van der Waals surface area contributed by atoms with Crippen molar-refractivity contribution in [2.75, 3.05) is 13.2 Å². The number of hydrogen-bond acceptors (Lipinski definition) is 7. The molecule has 0 aliphatic carbocycles. The van der Waals surface area contributed by atoms with Crippen molar-refractivity contribution in [3.8, 4) is 5.75 Å². The van der Waals surface area contributed by atoms with Crippen molar-refractivity contribution in [1.82, 2.24) is 15.7 Å². The first kappa shape index (κ1) is 35.4. The van der Waals surface area contributed by atoms with Crippen molar-refractivity contribution in [3.05, 3.63) is 65.7 Å². The molecule has 2 rings (SSSR count). The molecule has 13 heteroatoms. The molecule has 0 aromatic heterocycles. The number of rotatable bonds is 16. The number of carbonyl (C=O) groups excluding carboxylic acids is 3. The Kier molecular flexibility index (Phi) is 16.3. The molecule has 11 nitrogen and oxygen atoms in total. The van der Waals surface area contributed by atoms with Crippen LogP contribution < -0.4 is 76.9 Å². The molecule has 0 spiro atoms. The predicted octanol–water partition coefficient (Wildman–Crippen LogP) is -1.70. The second kappa shape index (κ2) is 18.0. The minimum atomic E-state index is -4.27. The zero-order chi connectivity index (χ0) is 28.1. The first-order chi connectivity index (χ1) is 18.0. The second-order valence-electron chi connectivity index (χ2n) is 8.70. The van der Waals surface area contributed by atoms with E-state index in [0.29, 0.717) is 24.3 Å². The van der Waals surface area contributed by atoms with E-state index in [1.165, 1.54) is 0 Å². The van der Waals surface area contributed by atoms with Crippen LogP contribution >= 0.6 is 7.75 Å². The largest absolute Gasteiger partial charge is 1.00 e. The third-order valence-corrected chi connectivity index (χ3v) is 6.97. The first-order valence-corrected chi connectivity index (χ1v) is 13.9. The Morgan fingerprint density at radius 3 is 2.21 bits per heavy atom. The fourth-order valence-corrected chi connectivity index (χ4v) is 4.67. The van der Waals surface area contributed by atoms with E-state index < -0.39 is 44.2 Å². The van der Waals surface area contributed by atoms with Gasteiger partial charge in [0.1, 0.15) is 18.4 Å². The predicted molar refractivity (Wildman–Crippen MR) is 139 cm³/mol. The summed E-state index contributed by atoms with van der Waals surface area (Å²) in [7, 11) is -4.27. The third kappa shape index (κ3) is 13.1. The number of carboxylic acid groups (broad SMARTS) is 1. The van der Waals surface area contributed by atoms with E-state index in [-0.39, 0.29) is 70.3 Å². The molecule has 0 aliphatic rings. The molecular formula is C26H35KN3O8P. The molecule has 0 fully saturated rings. The molecule has 4 N–H and O–H groups in total. The van der Waals surface area contributed by atoms with E-state index in [9.17, 15) is 28.9 Å². The number of carbonyl (C=O) groups is 3. The van der Waals surface area contributed by atoms with Gasteiger partial charge in [-0.1, -0.05) is 62.7 Å². The standard InChI is InChI=1S/C26H36N3O8P.K/c1-4-18(3)24(29-38(34,35)37-5-2)26(33)28-22(25(32)27-16-23(30)31)15-19-11-13-21(14-12-19)36-17-20-9-7-6-8-10-20;/h6-14,18,22,24H,4-5,15-17H2,1-3H3,(H,27,32)(H,28,33)(H,30,31)(H2,29,34,35);/q;+1/p-1/t18-,22-,24-;/m0./s1. The van der Waals surface area contributed by atoms with E-state index >= 15 is 0 Å². The number of hydrogen-bond donors (Lipinski definition) is 4. The van der Waals surface area contributed by atoms with Gasteiger partial charge in [0.25, 0.3) is 0 Å². The van der Waals surface area contributed by atoms with Crippen LogP contribution in [0.3, 0.4) is 0 Å². The SMILES string of the molecule is CCOP(=O)(O)N[C@H](C(=O)N[C@@H](Cc1ccc(OCc2ccccc2)cc1)C(=O)NCC(=O)[O-])[C@@H](C)CC.[K+]. The maximum Gasteiger partial charge on any atom is 1.00 e. The van der Waals surface area contributed by atoms with E-state index in [1.54, 1.807) is 45.0 Å². The smallest absolute Gasteiger partial charge is 0.548 e. The molecule has 0 aliphatic heterocycles. The van der Waals surface area contributed by atoms with Crippen LogP contribution in [-0.4, -0.2) is 47.9 Å². The number of aliphatic carboxylic acids is 1. The average Bonchev–Trinajstić information content (AvgIpc) is 2.89. The summed E-state index contributed by atoms with van der Waals surface area (Å²) in [5, 5.41) is 18.0. The summed E-state index contributed by atoms with van der Waals surface area (Å²) in [6.07, 6.45) is 0.516. The molecule has 0 heterocycles. The molecule has 0 saturated heterocycles. The average molecular weight is 588 g/mol.